The zero-order valence-electron chi connectivity index (χ0n) is 13.8. The maximum absolute atomic E-state index is 13.0. The summed E-state index contributed by atoms with van der Waals surface area (Å²) < 4.78 is 5.89. The van der Waals surface area contributed by atoms with Crippen LogP contribution in [0.4, 0.5) is 0 Å². The van der Waals surface area contributed by atoms with Gasteiger partial charge in [-0.15, -0.1) is 0 Å². The Balaban J connectivity index is 1.67. The SMILES string of the molecule is Cc1ccc2c(C)c(C(=O)N3C[C@@H]4CCC[C@]4(CO)C3)oc2c1. The third kappa shape index (κ3) is 2.12. The van der Waals surface area contributed by atoms with Crippen LogP contribution in [0.3, 0.4) is 0 Å². The Bertz CT molecular complexity index is 778. The van der Waals surface area contributed by atoms with E-state index in [1.807, 2.05) is 36.9 Å². The smallest absolute Gasteiger partial charge is 0.289 e. The lowest BCUT2D eigenvalue weighted by molar-refractivity contribution is 0.0706. The van der Waals surface area contributed by atoms with Gasteiger partial charge in [0.25, 0.3) is 5.91 Å². The quantitative estimate of drug-likeness (QED) is 0.925. The Labute approximate surface area is 136 Å². The first-order valence-electron chi connectivity index (χ1n) is 8.44. The van der Waals surface area contributed by atoms with Crippen molar-refractivity contribution >= 4 is 16.9 Å². The minimum atomic E-state index is -0.0772. The van der Waals surface area contributed by atoms with E-state index >= 15 is 0 Å². The fraction of sp³-hybridized carbons (Fsp3) is 0.526. The van der Waals surface area contributed by atoms with Crippen molar-refractivity contribution in [3.8, 4) is 0 Å². The molecule has 1 saturated heterocycles. The molecule has 1 N–H and O–H groups in total. The molecule has 1 amide bonds. The summed E-state index contributed by atoms with van der Waals surface area (Å²) in [5, 5.41) is 10.8. The van der Waals surface area contributed by atoms with Crippen molar-refractivity contribution in [3.63, 3.8) is 0 Å². The molecule has 2 aromatic rings. The molecule has 0 unspecified atom stereocenters. The van der Waals surface area contributed by atoms with Gasteiger partial charge < -0.3 is 14.4 Å². The Morgan fingerprint density at radius 3 is 3.00 bits per heavy atom. The van der Waals surface area contributed by atoms with E-state index in [1.54, 1.807) is 0 Å². The summed E-state index contributed by atoms with van der Waals surface area (Å²) in [6, 6.07) is 6.04. The highest BCUT2D eigenvalue weighted by molar-refractivity contribution is 5.99. The number of carbonyl (C=O) groups excluding carboxylic acids is 1. The van der Waals surface area contributed by atoms with Crippen molar-refractivity contribution in [2.24, 2.45) is 11.3 Å². The number of nitrogens with zero attached hydrogens (tertiary/aromatic N) is 1. The number of fused-ring (bicyclic) bond motifs is 2. The molecular weight excluding hydrogens is 290 g/mol. The van der Waals surface area contributed by atoms with Gasteiger partial charge in [0.05, 0.1) is 6.61 Å². The Kier molecular flexibility index (Phi) is 3.27. The molecule has 0 radical (unpaired) electrons. The predicted molar refractivity (Wildman–Crippen MR) is 88.5 cm³/mol. The normalized spacial score (nSPS) is 26.9. The van der Waals surface area contributed by atoms with Crippen LogP contribution in [-0.2, 0) is 0 Å². The number of rotatable bonds is 2. The molecule has 1 aliphatic heterocycles. The van der Waals surface area contributed by atoms with Gasteiger partial charge in [-0.05, 0) is 44.2 Å². The highest BCUT2D eigenvalue weighted by Crippen LogP contribution is 2.48. The minimum Gasteiger partial charge on any atom is -0.451 e. The van der Waals surface area contributed by atoms with Crippen LogP contribution in [-0.4, -0.2) is 35.6 Å². The summed E-state index contributed by atoms with van der Waals surface area (Å²) in [5.74, 6) is 0.862. The average Bonchev–Trinajstić information content (AvgIpc) is 3.17. The van der Waals surface area contributed by atoms with Gasteiger partial charge in [0, 0.05) is 29.5 Å². The second kappa shape index (κ2) is 5.10. The van der Waals surface area contributed by atoms with Crippen molar-refractivity contribution in [1.29, 1.82) is 0 Å². The summed E-state index contributed by atoms with van der Waals surface area (Å²) in [4.78, 5) is 14.8. The number of furan rings is 1. The number of aliphatic hydroxyl groups excluding tert-OH is 1. The summed E-state index contributed by atoms with van der Waals surface area (Å²) in [5.41, 5.74) is 2.74. The van der Waals surface area contributed by atoms with Crippen LogP contribution in [0.25, 0.3) is 11.0 Å². The molecule has 1 aromatic heterocycles. The molecule has 2 aliphatic rings. The van der Waals surface area contributed by atoms with E-state index in [-0.39, 0.29) is 17.9 Å². The van der Waals surface area contributed by atoms with Crippen molar-refractivity contribution in [1.82, 2.24) is 4.90 Å². The van der Waals surface area contributed by atoms with Crippen molar-refractivity contribution < 1.29 is 14.3 Å². The van der Waals surface area contributed by atoms with E-state index in [4.69, 9.17) is 4.42 Å². The monoisotopic (exact) mass is 313 g/mol. The number of hydrogen-bond acceptors (Lipinski definition) is 3. The van der Waals surface area contributed by atoms with E-state index in [0.717, 1.165) is 47.9 Å². The standard InChI is InChI=1S/C19H23NO3/c1-12-5-6-15-13(2)17(23-16(15)8-12)18(22)20-9-14-4-3-7-19(14,10-20)11-21/h5-6,8,14,21H,3-4,7,9-11H2,1-2H3/t14-,19+/m0/s1. The third-order valence-corrected chi connectivity index (χ3v) is 5.93. The number of aryl methyl sites for hydroxylation is 2. The fourth-order valence-electron chi connectivity index (χ4n) is 4.51. The van der Waals surface area contributed by atoms with Crippen LogP contribution < -0.4 is 0 Å². The molecule has 4 nitrogen and oxygen atoms in total. The van der Waals surface area contributed by atoms with E-state index in [9.17, 15) is 9.90 Å². The highest BCUT2D eigenvalue weighted by Gasteiger charge is 2.50. The molecule has 2 atom stereocenters. The summed E-state index contributed by atoms with van der Waals surface area (Å²) in [6.45, 7) is 5.55. The first-order chi connectivity index (χ1) is 11.0. The van der Waals surface area contributed by atoms with Gasteiger partial charge in [-0.25, -0.2) is 0 Å². The number of benzene rings is 1. The molecule has 1 aliphatic carbocycles. The first-order valence-corrected chi connectivity index (χ1v) is 8.44. The lowest BCUT2D eigenvalue weighted by Gasteiger charge is -2.25. The van der Waals surface area contributed by atoms with Crippen LogP contribution in [0.2, 0.25) is 0 Å². The number of aliphatic hydroxyl groups is 1. The Morgan fingerprint density at radius 2 is 2.26 bits per heavy atom. The van der Waals surface area contributed by atoms with Crippen LogP contribution in [0.1, 0.15) is 40.9 Å². The number of amides is 1. The lowest BCUT2D eigenvalue weighted by atomic mass is 9.82. The zero-order chi connectivity index (χ0) is 16.2. The average molecular weight is 313 g/mol. The molecule has 4 rings (SSSR count). The maximum atomic E-state index is 13.0. The fourth-order valence-corrected chi connectivity index (χ4v) is 4.51. The summed E-state index contributed by atoms with van der Waals surface area (Å²) in [7, 11) is 0. The highest BCUT2D eigenvalue weighted by atomic mass is 16.3. The van der Waals surface area contributed by atoms with Gasteiger partial charge in [0.1, 0.15) is 5.58 Å². The molecule has 0 spiro atoms. The number of likely N-dealkylation sites (tertiary alicyclic amines) is 1. The third-order valence-electron chi connectivity index (χ3n) is 5.93. The van der Waals surface area contributed by atoms with E-state index < -0.39 is 0 Å². The van der Waals surface area contributed by atoms with Crippen LogP contribution >= 0.6 is 0 Å². The largest absolute Gasteiger partial charge is 0.451 e. The molecule has 2 fully saturated rings. The van der Waals surface area contributed by atoms with E-state index in [2.05, 4.69) is 0 Å². The Morgan fingerprint density at radius 1 is 1.43 bits per heavy atom. The Hall–Kier alpha value is -1.81. The second-order valence-electron chi connectivity index (χ2n) is 7.35. The molecule has 1 aromatic carbocycles. The molecule has 4 heteroatoms. The first kappa shape index (κ1) is 14.8. The zero-order valence-corrected chi connectivity index (χ0v) is 13.8. The molecule has 0 bridgehead atoms. The number of carbonyl (C=O) groups is 1. The van der Waals surface area contributed by atoms with Crippen molar-refractivity contribution in [2.75, 3.05) is 19.7 Å². The van der Waals surface area contributed by atoms with Gasteiger partial charge in [-0.2, -0.15) is 0 Å². The van der Waals surface area contributed by atoms with Gasteiger partial charge in [0.2, 0.25) is 0 Å². The van der Waals surface area contributed by atoms with Crippen LogP contribution in [0, 0.1) is 25.2 Å². The molecular formula is C19H23NO3. The topological polar surface area (TPSA) is 53.7 Å². The van der Waals surface area contributed by atoms with Crippen molar-refractivity contribution in [2.45, 2.75) is 33.1 Å². The van der Waals surface area contributed by atoms with Gasteiger partial charge in [-0.1, -0.05) is 18.6 Å². The van der Waals surface area contributed by atoms with Gasteiger partial charge in [-0.3, -0.25) is 4.79 Å². The van der Waals surface area contributed by atoms with Gasteiger partial charge >= 0.3 is 0 Å². The summed E-state index contributed by atoms with van der Waals surface area (Å²) >= 11 is 0. The molecule has 23 heavy (non-hydrogen) atoms. The van der Waals surface area contributed by atoms with Crippen LogP contribution in [0.5, 0.6) is 0 Å². The maximum Gasteiger partial charge on any atom is 0.289 e. The predicted octanol–water partition coefficient (Wildman–Crippen LogP) is 3.28. The number of hydrogen-bond donors (Lipinski definition) is 1. The summed E-state index contributed by atoms with van der Waals surface area (Å²) in [6.07, 6.45) is 3.30. The van der Waals surface area contributed by atoms with Gasteiger partial charge in [0.15, 0.2) is 5.76 Å². The van der Waals surface area contributed by atoms with E-state index in [1.165, 1.54) is 0 Å². The lowest BCUT2D eigenvalue weighted by Crippen LogP contribution is -2.34. The van der Waals surface area contributed by atoms with Crippen LogP contribution in [0.15, 0.2) is 22.6 Å². The molecule has 1 saturated carbocycles. The minimum absolute atomic E-state index is 0.0291. The van der Waals surface area contributed by atoms with E-state index in [0.29, 0.717) is 18.2 Å². The molecule has 122 valence electrons. The second-order valence-corrected chi connectivity index (χ2v) is 7.35. The van der Waals surface area contributed by atoms with Crippen molar-refractivity contribution in [3.05, 3.63) is 35.1 Å². The molecule has 2 heterocycles.